The summed E-state index contributed by atoms with van der Waals surface area (Å²) in [7, 11) is 4.28. The van der Waals surface area contributed by atoms with Crippen LogP contribution < -0.4 is 5.32 Å². The molecular weight excluding hydrogens is 296 g/mol. The van der Waals surface area contributed by atoms with Gasteiger partial charge in [0.1, 0.15) is 6.54 Å². The Morgan fingerprint density at radius 2 is 1.75 bits per heavy atom. The van der Waals surface area contributed by atoms with Gasteiger partial charge >= 0.3 is 0 Å². The maximum absolute atomic E-state index is 12.8. The minimum atomic E-state index is -0.0558. The maximum atomic E-state index is 12.8. The molecule has 3 atom stereocenters. The van der Waals surface area contributed by atoms with Crippen LogP contribution in [0.15, 0.2) is 30.3 Å². The fourth-order valence-electron chi connectivity index (χ4n) is 5.23. The fourth-order valence-corrected chi connectivity index (χ4v) is 5.23. The first-order chi connectivity index (χ1) is 11.1. The Hall–Kier alpha value is -1.35. The van der Waals surface area contributed by atoms with Crippen LogP contribution in [0.25, 0.3) is 0 Å². The van der Waals surface area contributed by atoms with Crippen LogP contribution in [0.4, 0.5) is 0 Å². The van der Waals surface area contributed by atoms with Crippen LogP contribution >= 0.6 is 0 Å². The van der Waals surface area contributed by atoms with Crippen molar-refractivity contribution >= 4 is 5.91 Å². The van der Waals surface area contributed by atoms with Gasteiger partial charge in [0.15, 0.2) is 6.54 Å². The average Bonchev–Trinajstić information content (AvgIpc) is 3.02. The third kappa shape index (κ3) is 2.99. The minimum Gasteiger partial charge on any atom is -0.345 e. The summed E-state index contributed by atoms with van der Waals surface area (Å²) in [5, 5.41) is 3.46. The fraction of sp³-hybridized carbons (Fsp3) is 0.667. The predicted octanol–water partition coefficient (Wildman–Crippen LogP) is 3.59. The number of carbonyl (C=O) groups excluding carboxylic acids is 1. The highest BCUT2D eigenvalue weighted by atomic mass is 16.2. The molecule has 0 aromatic heterocycles. The number of benzene rings is 1. The second-order valence-corrected chi connectivity index (χ2v) is 9.42. The van der Waals surface area contributed by atoms with Crippen molar-refractivity contribution in [2.24, 2.45) is 17.3 Å². The van der Waals surface area contributed by atoms with Gasteiger partial charge in [-0.05, 0) is 43.4 Å². The number of hydrogen-bond donors (Lipinski definition) is 1. The molecule has 2 bridgehead atoms. The third-order valence-corrected chi connectivity index (χ3v) is 7.03. The Balaban J connectivity index is 1.65. The van der Waals surface area contributed by atoms with E-state index in [1.165, 1.54) is 24.8 Å². The standard InChI is InChI=1S/C21H32N2O/c1-20(2)17-11-12-18(13-17)21(20,3)22-19(24)15-23(4,5)14-16-9-7-6-8-10-16/h6-10,17-18H,11-15H2,1-5H3/p+1/t17-,18+,21-/m0/s1. The number of fused-ring (bicyclic) bond motifs is 2. The summed E-state index contributed by atoms with van der Waals surface area (Å²) in [6.07, 6.45) is 3.89. The van der Waals surface area contributed by atoms with Crippen LogP contribution in [0.1, 0.15) is 45.6 Å². The Morgan fingerprint density at radius 1 is 1.12 bits per heavy atom. The molecule has 132 valence electrons. The number of likely N-dealkylation sites (N-methyl/N-ethyl adjacent to an activating group) is 1. The highest BCUT2D eigenvalue weighted by Crippen LogP contribution is 2.61. The molecule has 2 fully saturated rings. The summed E-state index contributed by atoms with van der Waals surface area (Å²) in [6, 6.07) is 10.4. The molecular formula is C21H33N2O+. The van der Waals surface area contributed by atoms with Crippen LogP contribution in [-0.2, 0) is 11.3 Å². The molecule has 3 heteroatoms. The SMILES string of the molecule is CC1(C)[C@H]2CC[C@H](C2)[C@]1(C)NC(=O)C[N+](C)(C)Cc1ccccc1. The van der Waals surface area contributed by atoms with Gasteiger partial charge < -0.3 is 9.80 Å². The van der Waals surface area contributed by atoms with E-state index in [4.69, 9.17) is 0 Å². The van der Waals surface area contributed by atoms with E-state index in [-0.39, 0.29) is 16.9 Å². The summed E-state index contributed by atoms with van der Waals surface area (Å²) in [5.74, 6) is 1.60. The van der Waals surface area contributed by atoms with Gasteiger partial charge in [0, 0.05) is 11.1 Å². The minimum absolute atomic E-state index is 0.0558. The highest BCUT2D eigenvalue weighted by Gasteiger charge is 2.61. The zero-order valence-electron chi connectivity index (χ0n) is 15.9. The molecule has 1 amide bonds. The molecule has 1 aromatic rings. The van der Waals surface area contributed by atoms with Gasteiger partial charge in [0.25, 0.3) is 5.91 Å². The van der Waals surface area contributed by atoms with Crippen molar-refractivity contribution in [2.75, 3.05) is 20.6 Å². The van der Waals surface area contributed by atoms with Gasteiger partial charge in [-0.1, -0.05) is 44.2 Å². The quantitative estimate of drug-likeness (QED) is 0.822. The largest absolute Gasteiger partial charge is 0.345 e. The van der Waals surface area contributed by atoms with Crippen molar-refractivity contribution in [3.8, 4) is 0 Å². The second kappa shape index (κ2) is 5.87. The van der Waals surface area contributed by atoms with Crippen molar-refractivity contribution in [3.63, 3.8) is 0 Å². The number of nitrogens with zero attached hydrogens (tertiary/aromatic N) is 1. The lowest BCUT2D eigenvalue weighted by atomic mass is 9.64. The molecule has 0 aliphatic heterocycles. The van der Waals surface area contributed by atoms with Crippen LogP contribution in [0, 0.1) is 17.3 Å². The first-order valence-electron chi connectivity index (χ1n) is 9.31. The monoisotopic (exact) mass is 329 g/mol. The Kier molecular flexibility index (Phi) is 4.28. The normalized spacial score (nSPS) is 31.2. The molecule has 3 rings (SSSR count). The van der Waals surface area contributed by atoms with Gasteiger partial charge in [-0.15, -0.1) is 0 Å². The van der Waals surface area contributed by atoms with Crippen molar-refractivity contribution < 1.29 is 9.28 Å². The molecule has 3 nitrogen and oxygen atoms in total. The molecule has 0 spiro atoms. The lowest BCUT2D eigenvalue weighted by Crippen LogP contribution is -2.61. The molecule has 0 radical (unpaired) electrons. The van der Waals surface area contributed by atoms with Crippen molar-refractivity contribution in [1.82, 2.24) is 5.32 Å². The van der Waals surface area contributed by atoms with Gasteiger partial charge in [0.05, 0.1) is 14.1 Å². The zero-order valence-corrected chi connectivity index (χ0v) is 15.9. The van der Waals surface area contributed by atoms with E-state index in [2.05, 4.69) is 64.4 Å². The maximum Gasteiger partial charge on any atom is 0.275 e. The van der Waals surface area contributed by atoms with E-state index in [1.807, 2.05) is 6.07 Å². The number of amides is 1. The van der Waals surface area contributed by atoms with E-state index < -0.39 is 0 Å². The molecule has 1 aromatic carbocycles. The summed E-state index contributed by atoms with van der Waals surface area (Å²) in [5.41, 5.74) is 1.42. The number of rotatable bonds is 5. The molecule has 0 saturated heterocycles. The van der Waals surface area contributed by atoms with Crippen LogP contribution in [0.2, 0.25) is 0 Å². The molecule has 2 aliphatic carbocycles. The predicted molar refractivity (Wildman–Crippen MR) is 98.3 cm³/mol. The lowest BCUT2D eigenvalue weighted by Gasteiger charge is -2.48. The molecule has 24 heavy (non-hydrogen) atoms. The van der Waals surface area contributed by atoms with E-state index in [0.29, 0.717) is 16.9 Å². The topological polar surface area (TPSA) is 29.1 Å². The molecule has 0 heterocycles. The van der Waals surface area contributed by atoms with Gasteiger partial charge in [-0.2, -0.15) is 0 Å². The summed E-state index contributed by atoms with van der Waals surface area (Å²) in [4.78, 5) is 12.8. The first-order valence-corrected chi connectivity index (χ1v) is 9.31. The summed E-state index contributed by atoms with van der Waals surface area (Å²) >= 11 is 0. The summed E-state index contributed by atoms with van der Waals surface area (Å²) in [6.45, 7) is 8.38. The van der Waals surface area contributed by atoms with Crippen molar-refractivity contribution in [2.45, 2.75) is 52.1 Å². The number of nitrogens with one attached hydrogen (secondary N) is 1. The van der Waals surface area contributed by atoms with Gasteiger partial charge in [-0.25, -0.2) is 0 Å². The Bertz CT molecular complexity index is 608. The van der Waals surface area contributed by atoms with Crippen LogP contribution in [0.5, 0.6) is 0 Å². The van der Waals surface area contributed by atoms with E-state index in [1.54, 1.807) is 0 Å². The lowest BCUT2D eigenvalue weighted by molar-refractivity contribution is -0.895. The molecule has 2 saturated carbocycles. The van der Waals surface area contributed by atoms with Crippen molar-refractivity contribution in [3.05, 3.63) is 35.9 Å². The summed E-state index contributed by atoms with van der Waals surface area (Å²) < 4.78 is 0.681. The zero-order chi connectivity index (χ0) is 17.6. The first kappa shape index (κ1) is 17.5. The second-order valence-electron chi connectivity index (χ2n) is 9.42. The molecule has 1 N–H and O–H groups in total. The highest BCUT2D eigenvalue weighted by molar-refractivity contribution is 5.78. The van der Waals surface area contributed by atoms with Gasteiger partial charge in [0.2, 0.25) is 0 Å². The van der Waals surface area contributed by atoms with E-state index in [9.17, 15) is 4.79 Å². The molecule has 2 aliphatic rings. The van der Waals surface area contributed by atoms with Crippen LogP contribution in [-0.4, -0.2) is 36.6 Å². The smallest absolute Gasteiger partial charge is 0.275 e. The molecule has 0 unspecified atom stereocenters. The van der Waals surface area contributed by atoms with Crippen molar-refractivity contribution in [1.29, 1.82) is 0 Å². The van der Waals surface area contributed by atoms with Gasteiger partial charge in [-0.3, -0.25) is 4.79 Å². The third-order valence-electron chi connectivity index (χ3n) is 7.03. The van der Waals surface area contributed by atoms with E-state index >= 15 is 0 Å². The Morgan fingerprint density at radius 3 is 2.33 bits per heavy atom. The Labute approximate surface area is 147 Å². The number of quaternary nitrogens is 1. The average molecular weight is 330 g/mol. The number of carbonyl (C=O) groups is 1. The van der Waals surface area contributed by atoms with E-state index in [0.717, 1.165) is 12.5 Å². The number of hydrogen-bond acceptors (Lipinski definition) is 1. The van der Waals surface area contributed by atoms with Crippen LogP contribution in [0.3, 0.4) is 0 Å².